The molecule has 84 valence electrons. The zero-order valence-electron chi connectivity index (χ0n) is 9.79. The molecule has 14 heavy (non-hydrogen) atoms. The molecule has 0 spiro atoms. The van der Waals surface area contributed by atoms with Crippen molar-refractivity contribution < 1.29 is 9.90 Å². The largest absolute Gasteiger partial charge is 0.465 e. The topological polar surface area (TPSA) is 52.6 Å². The summed E-state index contributed by atoms with van der Waals surface area (Å²) in [5.41, 5.74) is -0.347. The van der Waals surface area contributed by atoms with Gasteiger partial charge in [-0.1, -0.05) is 6.92 Å². The predicted octanol–water partition coefficient (Wildman–Crippen LogP) is 1.76. The normalized spacial score (nSPS) is 13.8. The van der Waals surface area contributed by atoms with Crippen molar-refractivity contribution in [3.8, 4) is 0 Å². The van der Waals surface area contributed by atoms with Crippen molar-refractivity contribution in [1.29, 1.82) is 0 Å². The van der Waals surface area contributed by atoms with E-state index in [1.807, 2.05) is 34.6 Å². The van der Waals surface area contributed by atoms with Gasteiger partial charge < -0.3 is 10.4 Å². The molecule has 4 nitrogen and oxygen atoms in total. The lowest BCUT2D eigenvalue weighted by molar-refractivity contribution is 0.0754. The van der Waals surface area contributed by atoms with Gasteiger partial charge in [-0.2, -0.15) is 0 Å². The van der Waals surface area contributed by atoms with Crippen molar-refractivity contribution in [2.75, 3.05) is 13.1 Å². The smallest absolute Gasteiger partial charge is 0.408 e. The maximum absolute atomic E-state index is 11.0. The second-order valence-corrected chi connectivity index (χ2v) is 4.48. The van der Waals surface area contributed by atoms with Crippen molar-refractivity contribution in [3.05, 3.63) is 0 Å². The summed E-state index contributed by atoms with van der Waals surface area (Å²) in [6, 6.07) is -0.00699. The van der Waals surface area contributed by atoms with Gasteiger partial charge in [-0.15, -0.1) is 0 Å². The highest BCUT2D eigenvalue weighted by Gasteiger charge is 2.30. The van der Waals surface area contributed by atoms with E-state index in [4.69, 9.17) is 5.11 Å². The number of carboxylic acid groups (broad SMARTS) is 1. The minimum Gasteiger partial charge on any atom is -0.465 e. The fourth-order valence-electron chi connectivity index (χ4n) is 1.58. The third kappa shape index (κ3) is 3.96. The van der Waals surface area contributed by atoms with Gasteiger partial charge in [0.15, 0.2) is 0 Å². The molecule has 1 amide bonds. The average molecular weight is 202 g/mol. The van der Waals surface area contributed by atoms with E-state index in [-0.39, 0.29) is 11.6 Å². The van der Waals surface area contributed by atoms with Gasteiger partial charge in [-0.3, -0.25) is 4.90 Å². The molecular weight excluding hydrogens is 180 g/mol. The van der Waals surface area contributed by atoms with Gasteiger partial charge in [0.25, 0.3) is 0 Å². The summed E-state index contributed by atoms with van der Waals surface area (Å²) in [5.74, 6) is 0. The number of rotatable bonds is 4. The molecule has 0 aromatic heterocycles. The third-order valence-corrected chi connectivity index (χ3v) is 2.06. The van der Waals surface area contributed by atoms with Crippen LogP contribution in [0.25, 0.3) is 0 Å². The summed E-state index contributed by atoms with van der Waals surface area (Å²) >= 11 is 0. The maximum Gasteiger partial charge on any atom is 0.408 e. The maximum atomic E-state index is 11.0. The van der Waals surface area contributed by atoms with Crippen LogP contribution in [0.2, 0.25) is 0 Å². The molecule has 1 atom stereocenters. The Morgan fingerprint density at radius 3 is 2.29 bits per heavy atom. The summed E-state index contributed by atoms with van der Waals surface area (Å²) in [4.78, 5) is 12.5. The SMILES string of the molecule is CCNC[C@H](C)N(C(=O)O)C(C)(C)C. The van der Waals surface area contributed by atoms with E-state index < -0.39 is 6.09 Å². The van der Waals surface area contributed by atoms with Crippen molar-refractivity contribution in [1.82, 2.24) is 10.2 Å². The molecule has 0 aliphatic carbocycles. The minimum absolute atomic E-state index is 0.00699. The van der Waals surface area contributed by atoms with Crippen LogP contribution in [0.4, 0.5) is 4.79 Å². The molecule has 0 aliphatic heterocycles. The molecular formula is C10H22N2O2. The molecule has 0 rings (SSSR count). The summed E-state index contributed by atoms with van der Waals surface area (Å²) in [7, 11) is 0. The fourth-order valence-corrected chi connectivity index (χ4v) is 1.58. The van der Waals surface area contributed by atoms with E-state index in [0.717, 1.165) is 6.54 Å². The van der Waals surface area contributed by atoms with E-state index >= 15 is 0 Å². The number of nitrogens with one attached hydrogen (secondary N) is 1. The lowest BCUT2D eigenvalue weighted by atomic mass is 10.0. The molecule has 0 saturated heterocycles. The standard InChI is InChI=1S/C10H22N2O2/c1-6-11-7-8(2)12(9(13)14)10(3,4)5/h8,11H,6-7H2,1-5H3,(H,13,14)/t8-/m0/s1. The average Bonchev–Trinajstić information content (AvgIpc) is 1.97. The molecule has 0 bridgehead atoms. The van der Waals surface area contributed by atoms with Crippen LogP contribution in [0.15, 0.2) is 0 Å². The quantitative estimate of drug-likeness (QED) is 0.730. The fraction of sp³-hybridized carbons (Fsp3) is 0.900. The molecule has 0 aromatic carbocycles. The number of hydrogen-bond donors (Lipinski definition) is 2. The highest BCUT2D eigenvalue weighted by molar-refractivity contribution is 5.66. The summed E-state index contributed by atoms with van der Waals surface area (Å²) in [6.07, 6.45) is -0.858. The van der Waals surface area contributed by atoms with Crippen LogP contribution in [-0.2, 0) is 0 Å². The molecule has 0 saturated carbocycles. The zero-order valence-corrected chi connectivity index (χ0v) is 9.79. The second kappa shape index (κ2) is 5.20. The first-order valence-corrected chi connectivity index (χ1v) is 5.03. The van der Waals surface area contributed by atoms with Gasteiger partial charge in [-0.25, -0.2) is 4.79 Å². The highest BCUT2D eigenvalue weighted by atomic mass is 16.4. The highest BCUT2D eigenvalue weighted by Crippen LogP contribution is 2.16. The third-order valence-electron chi connectivity index (χ3n) is 2.06. The molecule has 0 radical (unpaired) electrons. The second-order valence-electron chi connectivity index (χ2n) is 4.48. The molecule has 0 fully saturated rings. The van der Waals surface area contributed by atoms with Crippen molar-refractivity contribution in [2.24, 2.45) is 0 Å². The van der Waals surface area contributed by atoms with Gasteiger partial charge >= 0.3 is 6.09 Å². The molecule has 0 aromatic rings. The van der Waals surface area contributed by atoms with Crippen LogP contribution in [-0.4, -0.2) is 40.8 Å². The van der Waals surface area contributed by atoms with E-state index in [1.165, 1.54) is 4.90 Å². The van der Waals surface area contributed by atoms with Crippen molar-refractivity contribution >= 4 is 6.09 Å². The van der Waals surface area contributed by atoms with Gasteiger partial charge in [-0.05, 0) is 34.2 Å². The Bertz CT molecular complexity index is 187. The summed E-state index contributed by atoms with van der Waals surface area (Å²) in [5, 5.41) is 12.2. The lowest BCUT2D eigenvalue weighted by Gasteiger charge is -2.38. The van der Waals surface area contributed by atoms with Crippen molar-refractivity contribution in [3.63, 3.8) is 0 Å². The van der Waals surface area contributed by atoms with Gasteiger partial charge in [0.05, 0.1) is 0 Å². The van der Waals surface area contributed by atoms with E-state index in [2.05, 4.69) is 5.32 Å². The van der Waals surface area contributed by atoms with E-state index in [1.54, 1.807) is 0 Å². The Hall–Kier alpha value is -0.770. The summed E-state index contributed by atoms with van der Waals surface area (Å²) in [6.45, 7) is 11.2. The number of hydrogen-bond acceptors (Lipinski definition) is 2. The predicted molar refractivity (Wildman–Crippen MR) is 57.6 cm³/mol. The Balaban J connectivity index is 4.42. The van der Waals surface area contributed by atoms with Crippen LogP contribution >= 0.6 is 0 Å². The number of likely N-dealkylation sites (N-methyl/N-ethyl adjacent to an activating group) is 1. The molecule has 2 N–H and O–H groups in total. The van der Waals surface area contributed by atoms with Crippen LogP contribution in [0.1, 0.15) is 34.6 Å². The minimum atomic E-state index is -0.858. The number of carbonyl (C=O) groups is 1. The van der Waals surface area contributed by atoms with Crippen LogP contribution in [0.5, 0.6) is 0 Å². The summed E-state index contributed by atoms with van der Waals surface area (Å²) < 4.78 is 0. The first kappa shape index (κ1) is 13.2. The molecule has 4 heteroatoms. The molecule has 0 heterocycles. The van der Waals surface area contributed by atoms with Gasteiger partial charge in [0.1, 0.15) is 0 Å². The Morgan fingerprint density at radius 2 is 2.00 bits per heavy atom. The molecule has 0 unspecified atom stereocenters. The first-order valence-electron chi connectivity index (χ1n) is 5.03. The van der Waals surface area contributed by atoms with Crippen LogP contribution < -0.4 is 5.32 Å². The molecule has 0 aliphatic rings. The Kier molecular flexibility index (Phi) is 4.91. The van der Waals surface area contributed by atoms with Crippen LogP contribution in [0, 0.1) is 0 Å². The Labute approximate surface area is 86.3 Å². The van der Waals surface area contributed by atoms with Crippen LogP contribution in [0.3, 0.4) is 0 Å². The Morgan fingerprint density at radius 1 is 1.50 bits per heavy atom. The van der Waals surface area contributed by atoms with Crippen molar-refractivity contribution in [2.45, 2.75) is 46.2 Å². The monoisotopic (exact) mass is 202 g/mol. The number of nitrogens with zero attached hydrogens (tertiary/aromatic N) is 1. The van der Waals surface area contributed by atoms with E-state index in [9.17, 15) is 4.79 Å². The number of amides is 1. The van der Waals surface area contributed by atoms with Gasteiger partial charge in [0, 0.05) is 18.1 Å². The lowest BCUT2D eigenvalue weighted by Crippen LogP contribution is -2.53. The van der Waals surface area contributed by atoms with E-state index in [0.29, 0.717) is 6.54 Å². The zero-order chi connectivity index (χ0) is 11.4. The first-order chi connectivity index (χ1) is 6.30. The van der Waals surface area contributed by atoms with Gasteiger partial charge in [0.2, 0.25) is 0 Å².